The van der Waals surface area contributed by atoms with E-state index in [4.69, 9.17) is 26.2 Å². The molecule has 0 aliphatic carbocycles. The zero-order valence-corrected chi connectivity index (χ0v) is 30.8. The molecule has 0 aromatic carbocycles. The predicted molar refractivity (Wildman–Crippen MR) is 158 cm³/mol. The molecule has 0 saturated heterocycles. The fourth-order valence-electron chi connectivity index (χ4n) is 3.15. The van der Waals surface area contributed by atoms with Gasteiger partial charge in [0.05, 0.1) is 24.9 Å². The Morgan fingerprint density at radius 3 is 1.29 bits per heavy atom. The van der Waals surface area contributed by atoms with Gasteiger partial charge in [0.25, 0.3) is 0 Å². The zero-order valence-electron chi connectivity index (χ0n) is 24.9. The van der Waals surface area contributed by atoms with Crippen LogP contribution in [0.4, 0.5) is 0 Å². The van der Waals surface area contributed by atoms with E-state index in [1.807, 2.05) is 39.3 Å². The standard InChI is InChI=1S/C21H53O8PSi5/c1-31(2,3)25-19(16-17-22)21(27-33(7,8)9)20(26-32(4,5)6)18-24-30(23,28-34(10,11)12)29-35(13,14)15/h17,19-21H,16,18H2,1-15H3. The SMILES string of the molecule is C[Si](C)(C)OC(CC=O)C(O[Si](C)(C)C)C(COP(=O)(O[Si](C)(C)C)O[Si](C)(C)C)O[Si](C)(C)C. The minimum Gasteiger partial charge on any atom is -0.412 e. The third kappa shape index (κ3) is 18.6. The molecule has 35 heavy (non-hydrogen) atoms. The minimum atomic E-state index is -3.85. The number of phosphoric acid groups is 1. The highest BCUT2D eigenvalue weighted by molar-refractivity contribution is 7.52. The molecule has 0 radical (unpaired) electrons. The zero-order chi connectivity index (χ0) is 28.1. The smallest absolute Gasteiger partial charge is 0.412 e. The Morgan fingerprint density at radius 2 is 0.971 bits per heavy atom. The maximum Gasteiger partial charge on any atom is 0.455 e. The van der Waals surface area contributed by atoms with Crippen LogP contribution in [0.1, 0.15) is 6.42 Å². The summed E-state index contributed by atoms with van der Waals surface area (Å²) in [5.74, 6) is 0. The van der Waals surface area contributed by atoms with Crippen LogP contribution in [0.5, 0.6) is 0 Å². The molecular formula is C21H53O8PSi5. The lowest BCUT2D eigenvalue weighted by molar-refractivity contribution is -0.112. The lowest BCUT2D eigenvalue weighted by atomic mass is 10.1. The summed E-state index contributed by atoms with van der Waals surface area (Å²) in [6.45, 7) is 30.4. The molecule has 0 aliphatic rings. The van der Waals surface area contributed by atoms with E-state index in [-0.39, 0.29) is 13.0 Å². The summed E-state index contributed by atoms with van der Waals surface area (Å²) in [6.07, 6.45) is -0.604. The second kappa shape index (κ2) is 13.2. The normalized spacial score (nSPS) is 17.2. The van der Waals surface area contributed by atoms with Crippen molar-refractivity contribution in [2.75, 3.05) is 6.61 Å². The molecule has 8 nitrogen and oxygen atoms in total. The Balaban J connectivity index is 6.39. The first-order valence-corrected chi connectivity index (χ1v) is 30.9. The van der Waals surface area contributed by atoms with Crippen molar-refractivity contribution < 1.29 is 35.6 Å². The molecule has 14 heteroatoms. The Kier molecular flexibility index (Phi) is 13.5. The Morgan fingerprint density at radius 1 is 0.600 bits per heavy atom. The van der Waals surface area contributed by atoms with E-state index in [2.05, 4.69) is 58.9 Å². The highest BCUT2D eigenvalue weighted by Crippen LogP contribution is 2.54. The highest BCUT2D eigenvalue weighted by atomic mass is 31.2. The van der Waals surface area contributed by atoms with Crippen LogP contribution in [0.2, 0.25) is 98.2 Å². The van der Waals surface area contributed by atoms with Crippen LogP contribution in [0, 0.1) is 0 Å². The first-order valence-electron chi connectivity index (χ1n) is 12.4. The van der Waals surface area contributed by atoms with Gasteiger partial charge in [0.1, 0.15) is 6.29 Å². The molecule has 0 aromatic rings. The molecule has 0 fully saturated rings. The number of aldehydes is 1. The van der Waals surface area contributed by atoms with E-state index in [1.165, 1.54) is 0 Å². The monoisotopic (exact) mass is 604 g/mol. The number of rotatable bonds is 17. The molecule has 3 atom stereocenters. The highest BCUT2D eigenvalue weighted by Gasteiger charge is 2.43. The fourth-order valence-corrected chi connectivity index (χ4v) is 13.1. The molecule has 0 aromatic heterocycles. The van der Waals surface area contributed by atoms with Crippen LogP contribution in [-0.2, 0) is 35.6 Å². The maximum atomic E-state index is 13.8. The van der Waals surface area contributed by atoms with Crippen molar-refractivity contribution in [1.82, 2.24) is 0 Å². The Labute approximate surface area is 220 Å². The first-order chi connectivity index (χ1) is 15.2. The van der Waals surface area contributed by atoms with E-state index < -0.39 is 67.7 Å². The van der Waals surface area contributed by atoms with Gasteiger partial charge in [-0.2, -0.15) is 0 Å². The molecule has 0 saturated carbocycles. The van der Waals surface area contributed by atoms with Gasteiger partial charge in [-0.3, -0.25) is 4.52 Å². The van der Waals surface area contributed by atoms with Crippen LogP contribution >= 0.6 is 7.82 Å². The largest absolute Gasteiger partial charge is 0.455 e. The Bertz CT molecular complexity index is 685. The van der Waals surface area contributed by atoms with E-state index in [0.29, 0.717) is 0 Å². The fraction of sp³-hybridized carbons (Fsp3) is 0.952. The van der Waals surface area contributed by atoms with E-state index >= 15 is 0 Å². The molecule has 3 unspecified atom stereocenters. The van der Waals surface area contributed by atoms with Crippen LogP contribution in [0.3, 0.4) is 0 Å². The second-order valence-electron chi connectivity index (χ2n) is 13.8. The van der Waals surface area contributed by atoms with Gasteiger partial charge in [0.15, 0.2) is 41.6 Å². The van der Waals surface area contributed by atoms with Crippen molar-refractivity contribution in [3.05, 3.63) is 0 Å². The molecule has 0 rings (SSSR count). The van der Waals surface area contributed by atoms with Crippen LogP contribution < -0.4 is 0 Å². The van der Waals surface area contributed by atoms with Gasteiger partial charge < -0.3 is 26.5 Å². The number of hydrogen-bond acceptors (Lipinski definition) is 8. The minimum absolute atomic E-state index is 0.0456. The maximum absolute atomic E-state index is 13.8. The predicted octanol–water partition coefficient (Wildman–Crippen LogP) is 7.06. The van der Waals surface area contributed by atoms with Gasteiger partial charge in [0.2, 0.25) is 0 Å². The molecule has 0 spiro atoms. The van der Waals surface area contributed by atoms with Crippen molar-refractivity contribution in [3.63, 3.8) is 0 Å². The van der Waals surface area contributed by atoms with Crippen LogP contribution in [0.25, 0.3) is 0 Å². The molecule has 0 aliphatic heterocycles. The van der Waals surface area contributed by atoms with Crippen molar-refractivity contribution in [1.29, 1.82) is 0 Å². The lowest BCUT2D eigenvalue weighted by Gasteiger charge is -2.41. The van der Waals surface area contributed by atoms with Gasteiger partial charge in [-0.25, -0.2) is 4.57 Å². The van der Waals surface area contributed by atoms with Gasteiger partial charge in [-0.1, -0.05) is 0 Å². The summed E-state index contributed by atoms with van der Waals surface area (Å²) in [5.41, 5.74) is 0. The summed E-state index contributed by atoms with van der Waals surface area (Å²) < 4.78 is 51.4. The van der Waals surface area contributed by atoms with Gasteiger partial charge in [-0.15, -0.1) is 0 Å². The van der Waals surface area contributed by atoms with Gasteiger partial charge in [-0.05, 0) is 98.2 Å². The lowest BCUT2D eigenvalue weighted by Crippen LogP contribution is -2.54. The number of carbonyl (C=O) groups excluding carboxylic acids is 1. The summed E-state index contributed by atoms with van der Waals surface area (Å²) in [4.78, 5) is 11.7. The van der Waals surface area contributed by atoms with E-state index in [1.54, 1.807) is 0 Å². The van der Waals surface area contributed by atoms with E-state index in [0.717, 1.165) is 6.29 Å². The van der Waals surface area contributed by atoms with Crippen molar-refractivity contribution >= 4 is 55.7 Å². The molecule has 0 N–H and O–H groups in total. The van der Waals surface area contributed by atoms with E-state index in [9.17, 15) is 9.36 Å². The van der Waals surface area contributed by atoms with Crippen LogP contribution in [-0.4, -0.2) is 72.8 Å². The third-order valence-electron chi connectivity index (χ3n) is 3.73. The quantitative estimate of drug-likeness (QED) is 0.0990. The molecule has 210 valence electrons. The number of hydrogen-bond donors (Lipinski definition) is 0. The molecule has 0 heterocycles. The third-order valence-corrected chi connectivity index (χ3v) is 13.4. The average Bonchev–Trinajstić information content (AvgIpc) is 2.49. The molecule has 0 amide bonds. The van der Waals surface area contributed by atoms with Crippen molar-refractivity contribution in [3.8, 4) is 0 Å². The number of carbonyl (C=O) groups is 1. The molecular weight excluding hydrogens is 552 g/mol. The summed E-state index contributed by atoms with van der Waals surface area (Å²) in [6, 6.07) is 0. The first kappa shape index (κ1) is 35.7. The molecule has 0 bridgehead atoms. The summed E-state index contributed by atoms with van der Waals surface area (Å²) in [5, 5.41) is 0. The topological polar surface area (TPSA) is 89.5 Å². The second-order valence-corrected chi connectivity index (χ2v) is 38.2. The summed E-state index contributed by atoms with van der Waals surface area (Å²) in [7, 11) is -14.6. The van der Waals surface area contributed by atoms with Gasteiger partial charge in [0, 0.05) is 6.42 Å². The Hall–Kier alpha value is 0.744. The van der Waals surface area contributed by atoms with Gasteiger partial charge >= 0.3 is 7.82 Å². The van der Waals surface area contributed by atoms with Crippen LogP contribution in [0.15, 0.2) is 0 Å². The average molecular weight is 605 g/mol. The summed E-state index contributed by atoms with van der Waals surface area (Å²) >= 11 is 0. The van der Waals surface area contributed by atoms with Crippen molar-refractivity contribution in [2.45, 2.75) is 123 Å². The van der Waals surface area contributed by atoms with Crippen molar-refractivity contribution in [2.24, 2.45) is 0 Å².